The lowest BCUT2D eigenvalue weighted by atomic mass is 10.1. The van der Waals surface area contributed by atoms with E-state index in [1.54, 1.807) is 30.3 Å². The van der Waals surface area contributed by atoms with Gasteiger partial charge in [-0.25, -0.2) is 0 Å². The minimum Gasteiger partial charge on any atom is -0.545 e. The fourth-order valence-corrected chi connectivity index (χ4v) is 5.41. The molecule has 1 heterocycles. The molecule has 0 N–H and O–H groups in total. The van der Waals surface area contributed by atoms with Crippen molar-refractivity contribution >= 4 is 79.5 Å². The van der Waals surface area contributed by atoms with Crippen molar-refractivity contribution in [1.29, 1.82) is 0 Å². The number of benzene rings is 3. The quantitative estimate of drug-likeness (QED) is 0.268. The van der Waals surface area contributed by atoms with Crippen molar-refractivity contribution in [1.82, 2.24) is 0 Å². The van der Waals surface area contributed by atoms with E-state index < -0.39 is 5.97 Å². The lowest BCUT2D eigenvalue weighted by Crippen LogP contribution is -2.28. The van der Waals surface area contributed by atoms with Crippen LogP contribution in [0.1, 0.15) is 21.5 Å². The number of carbonyl (C=O) groups excluding carboxylic acids is 2. The Morgan fingerprint density at radius 1 is 1.20 bits per heavy atom. The zero-order valence-corrected chi connectivity index (χ0v) is 22.1. The zero-order chi connectivity index (χ0) is 25.1. The third kappa shape index (κ3) is 5.54. The molecule has 1 fully saturated rings. The van der Waals surface area contributed by atoms with E-state index in [0.29, 0.717) is 41.5 Å². The van der Waals surface area contributed by atoms with Crippen LogP contribution < -0.4 is 19.5 Å². The predicted molar refractivity (Wildman–Crippen MR) is 143 cm³/mol. The first kappa shape index (κ1) is 25.2. The summed E-state index contributed by atoms with van der Waals surface area (Å²) in [7, 11) is 1.53. The largest absolute Gasteiger partial charge is 0.545 e. The molecule has 178 valence electrons. The second-order valence-electron chi connectivity index (χ2n) is 7.27. The summed E-state index contributed by atoms with van der Waals surface area (Å²) < 4.78 is 12.4. The van der Waals surface area contributed by atoms with E-state index in [4.69, 9.17) is 33.3 Å². The first-order chi connectivity index (χ1) is 16.8. The highest BCUT2D eigenvalue weighted by Gasteiger charge is 2.33. The van der Waals surface area contributed by atoms with E-state index in [1.165, 1.54) is 30.2 Å². The standard InChI is InChI=1S/C25H17BrClNO5S2/c1-32-20-10-14(9-18(26)22(20)33-13-16-5-2-3-8-19(16)27)11-21-23(29)28(25(34)35-21)17-7-4-6-15(12-17)24(30)31/h2-12H,13H2,1H3,(H,30,31)/p-1/b21-11+. The molecule has 0 spiro atoms. The first-order valence-corrected chi connectivity index (χ1v) is 12.5. The number of thiocarbonyl (C=S) groups is 1. The second-order valence-corrected chi connectivity index (χ2v) is 10.2. The molecule has 3 aromatic carbocycles. The molecule has 1 aliphatic heterocycles. The van der Waals surface area contributed by atoms with Crippen LogP contribution in [0.15, 0.2) is 70.0 Å². The fraction of sp³-hybridized carbons (Fsp3) is 0.0800. The second kappa shape index (κ2) is 10.8. The van der Waals surface area contributed by atoms with Gasteiger partial charge in [0.1, 0.15) is 6.61 Å². The molecule has 0 bridgehead atoms. The minimum atomic E-state index is -1.33. The number of carboxylic acids is 1. The zero-order valence-electron chi connectivity index (χ0n) is 18.1. The number of amides is 1. The summed E-state index contributed by atoms with van der Waals surface area (Å²) in [5.74, 6) is -0.725. The van der Waals surface area contributed by atoms with Gasteiger partial charge >= 0.3 is 0 Å². The molecule has 0 atom stereocenters. The van der Waals surface area contributed by atoms with Crippen molar-refractivity contribution in [2.75, 3.05) is 12.0 Å². The number of aromatic carboxylic acids is 1. The van der Waals surface area contributed by atoms with Crippen LogP contribution in [0.3, 0.4) is 0 Å². The average Bonchev–Trinajstić information content (AvgIpc) is 3.11. The predicted octanol–water partition coefficient (Wildman–Crippen LogP) is 5.46. The molecular weight excluding hydrogens is 574 g/mol. The molecule has 35 heavy (non-hydrogen) atoms. The van der Waals surface area contributed by atoms with Crippen LogP contribution in [0.25, 0.3) is 6.08 Å². The van der Waals surface area contributed by atoms with Gasteiger partial charge in [-0.2, -0.15) is 0 Å². The van der Waals surface area contributed by atoms with Crippen LogP contribution >= 0.6 is 51.5 Å². The first-order valence-electron chi connectivity index (χ1n) is 10.1. The SMILES string of the molecule is COc1cc(/C=C2/SC(=S)N(c3cccc(C(=O)[O-])c3)C2=O)cc(Br)c1OCc1ccccc1Cl. The number of thioether (sulfide) groups is 1. The highest BCUT2D eigenvalue weighted by atomic mass is 79.9. The third-order valence-corrected chi connectivity index (χ3v) is 7.27. The number of ether oxygens (including phenoxy) is 2. The summed E-state index contributed by atoms with van der Waals surface area (Å²) in [6, 6.07) is 16.8. The molecule has 0 unspecified atom stereocenters. The van der Waals surface area contributed by atoms with Gasteiger partial charge in [0.25, 0.3) is 5.91 Å². The van der Waals surface area contributed by atoms with Crippen LogP contribution in [0.5, 0.6) is 11.5 Å². The number of hydrogen-bond acceptors (Lipinski definition) is 7. The number of hydrogen-bond donors (Lipinski definition) is 0. The van der Waals surface area contributed by atoms with Crippen LogP contribution in [-0.2, 0) is 11.4 Å². The van der Waals surface area contributed by atoms with Gasteiger partial charge in [0.15, 0.2) is 15.8 Å². The molecule has 1 aliphatic rings. The number of carbonyl (C=O) groups is 2. The van der Waals surface area contributed by atoms with Crippen molar-refractivity contribution in [3.63, 3.8) is 0 Å². The summed E-state index contributed by atoms with van der Waals surface area (Å²) in [5.41, 5.74) is 1.84. The highest BCUT2D eigenvalue weighted by molar-refractivity contribution is 9.10. The topological polar surface area (TPSA) is 78.9 Å². The summed E-state index contributed by atoms with van der Waals surface area (Å²) in [6.45, 7) is 0.248. The Morgan fingerprint density at radius 2 is 1.97 bits per heavy atom. The van der Waals surface area contributed by atoms with E-state index in [2.05, 4.69) is 15.9 Å². The Labute approximate surface area is 224 Å². The lowest BCUT2D eigenvalue weighted by molar-refractivity contribution is -0.255. The molecule has 0 aromatic heterocycles. The third-order valence-electron chi connectivity index (χ3n) is 5.01. The van der Waals surface area contributed by atoms with Crippen LogP contribution in [0.2, 0.25) is 5.02 Å². The number of rotatable bonds is 7. The number of carboxylic acid groups (broad SMARTS) is 1. The fourth-order valence-electron chi connectivity index (χ4n) is 3.34. The van der Waals surface area contributed by atoms with E-state index >= 15 is 0 Å². The van der Waals surface area contributed by atoms with Gasteiger partial charge in [-0.1, -0.05) is 65.9 Å². The molecule has 0 radical (unpaired) electrons. The highest BCUT2D eigenvalue weighted by Crippen LogP contribution is 2.40. The van der Waals surface area contributed by atoms with Crippen molar-refractivity contribution in [2.24, 2.45) is 0 Å². The molecule has 1 saturated heterocycles. The van der Waals surface area contributed by atoms with Crippen LogP contribution in [0, 0.1) is 0 Å². The van der Waals surface area contributed by atoms with Crippen molar-refractivity contribution in [2.45, 2.75) is 6.61 Å². The van der Waals surface area contributed by atoms with E-state index in [0.717, 1.165) is 17.3 Å². The number of nitrogens with zero attached hydrogens (tertiary/aromatic N) is 1. The summed E-state index contributed by atoms with van der Waals surface area (Å²) >= 11 is 16.2. The van der Waals surface area contributed by atoms with Crippen molar-refractivity contribution in [3.8, 4) is 11.5 Å². The van der Waals surface area contributed by atoms with E-state index in [9.17, 15) is 14.7 Å². The molecule has 3 aromatic rings. The Bertz CT molecular complexity index is 1380. The summed E-state index contributed by atoms with van der Waals surface area (Å²) in [4.78, 5) is 26.0. The Balaban J connectivity index is 1.59. The molecule has 10 heteroatoms. The maximum Gasteiger partial charge on any atom is 0.270 e. The molecule has 4 rings (SSSR count). The Kier molecular flexibility index (Phi) is 7.81. The van der Waals surface area contributed by atoms with Crippen LogP contribution in [0.4, 0.5) is 5.69 Å². The van der Waals surface area contributed by atoms with E-state index in [-0.39, 0.29) is 18.1 Å². The molecule has 0 aliphatic carbocycles. The average molecular weight is 590 g/mol. The van der Waals surface area contributed by atoms with Gasteiger partial charge in [0.2, 0.25) is 0 Å². The van der Waals surface area contributed by atoms with Gasteiger partial charge in [0.05, 0.1) is 28.1 Å². The van der Waals surface area contributed by atoms with Gasteiger partial charge in [0, 0.05) is 10.6 Å². The molecule has 0 saturated carbocycles. The van der Waals surface area contributed by atoms with Gasteiger partial charge in [-0.15, -0.1) is 0 Å². The van der Waals surface area contributed by atoms with Gasteiger partial charge in [-0.3, -0.25) is 9.69 Å². The van der Waals surface area contributed by atoms with E-state index in [1.807, 2.05) is 18.2 Å². The summed E-state index contributed by atoms with van der Waals surface area (Å²) in [6.07, 6.45) is 1.69. The van der Waals surface area contributed by atoms with Crippen molar-refractivity contribution in [3.05, 3.63) is 91.8 Å². The monoisotopic (exact) mass is 588 g/mol. The number of methoxy groups -OCH3 is 1. The molecule has 1 amide bonds. The maximum atomic E-state index is 13.1. The minimum absolute atomic E-state index is 0.0402. The lowest BCUT2D eigenvalue weighted by Gasteiger charge is -2.16. The maximum absolute atomic E-state index is 13.1. The normalized spacial score (nSPS) is 14.5. The van der Waals surface area contributed by atoms with Gasteiger partial charge in [-0.05, 0) is 63.5 Å². The Morgan fingerprint density at radius 3 is 2.69 bits per heavy atom. The number of halogens is 2. The molecular formula is C25H16BrClNO5S2-. The van der Waals surface area contributed by atoms with Crippen LogP contribution in [-0.4, -0.2) is 23.3 Å². The smallest absolute Gasteiger partial charge is 0.270 e. The number of anilines is 1. The molecule has 6 nitrogen and oxygen atoms in total. The Hall–Kier alpha value is -2.85. The van der Waals surface area contributed by atoms with Gasteiger partial charge < -0.3 is 19.4 Å². The van der Waals surface area contributed by atoms with Crippen molar-refractivity contribution < 1.29 is 24.2 Å². The summed E-state index contributed by atoms with van der Waals surface area (Å²) in [5, 5.41) is 11.8.